The van der Waals surface area contributed by atoms with Gasteiger partial charge < -0.3 is 15.3 Å². The number of halogens is 1. The Hall–Kier alpha value is -2.44. The normalized spacial score (nSPS) is 10.4. The highest BCUT2D eigenvalue weighted by atomic mass is 19.1. The summed E-state index contributed by atoms with van der Waals surface area (Å²) in [5.41, 5.74) is 0.500. The summed E-state index contributed by atoms with van der Waals surface area (Å²) in [6.45, 7) is 3.34. The van der Waals surface area contributed by atoms with E-state index >= 15 is 0 Å². The van der Waals surface area contributed by atoms with Crippen molar-refractivity contribution in [2.75, 3.05) is 19.6 Å². The van der Waals surface area contributed by atoms with Crippen molar-refractivity contribution in [3.05, 3.63) is 35.6 Å². The Morgan fingerprint density at radius 3 is 2.57 bits per heavy atom. The summed E-state index contributed by atoms with van der Waals surface area (Å²) >= 11 is 0. The molecule has 23 heavy (non-hydrogen) atoms. The molecular formula is C16H21FN2O4. The molecule has 1 rings (SSSR count). The zero-order chi connectivity index (χ0) is 17.4. The van der Waals surface area contributed by atoms with E-state index in [9.17, 15) is 18.8 Å². The van der Waals surface area contributed by atoms with Gasteiger partial charge in [0.1, 0.15) is 12.4 Å². The first-order valence-electron chi connectivity index (χ1n) is 7.28. The van der Waals surface area contributed by atoms with Crippen LogP contribution in [0, 0.1) is 11.7 Å². The van der Waals surface area contributed by atoms with Crippen LogP contribution in [0.3, 0.4) is 0 Å². The third kappa shape index (κ3) is 7.39. The zero-order valence-electron chi connectivity index (χ0n) is 13.2. The minimum absolute atomic E-state index is 0.0475. The summed E-state index contributed by atoms with van der Waals surface area (Å²) in [5.74, 6) is -2.32. The van der Waals surface area contributed by atoms with Crippen LogP contribution in [0.2, 0.25) is 0 Å². The average molecular weight is 324 g/mol. The molecule has 0 aromatic heterocycles. The van der Waals surface area contributed by atoms with Crippen molar-refractivity contribution in [3.8, 4) is 0 Å². The number of aliphatic carboxylic acids is 1. The number of carboxylic acid groups (broad SMARTS) is 1. The van der Waals surface area contributed by atoms with Gasteiger partial charge >= 0.3 is 5.97 Å². The standard InChI is InChI=1S/C16H21FN2O4/c1-11(2)9-19(10-16(22)23)15(21)8-18-14(20)7-12-4-3-5-13(17)6-12/h3-6,11H,7-10H2,1-2H3,(H,18,20)(H,22,23). The van der Waals surface area contributed by atoms with E-state index in [-0.39, 0.29) is 18.9 Å². The number of benzene rings is 1. The number of carbonyl (C=O) groups is 3. The fourth-order valence-corrected chi connectivity index (χ4v) is 2.04. The average Bonchev–Trinajstić information content (AvgIpc) is 2.43. The fourth-order valence-electron chi connectivity index (χ4n) is 2.04. The second-order valence-electron chi connectivity index (χ2n) is 5.65. The Morgan fingerprint density at radius 1 is 1.30 bits per heavy atom. The molecule has 1 aromatic carbocycles. The molecule has 0 fully saturated rings. The van der Waals surface area contributed by atoms with E-state index in [0.29, 0.717) is 12.1 Å². The Kier molecular flexibility index (Phi) is 7.18. The number of carbonyl (C=O) groups excluding carboxylic acids is 2. The molecule has 0 saturated heterocycles. The zero-order valence-corrected chi connectivity index (χ0v) is 13.2. The molecule has 2 N–H and O–H groups in total. The topological polar surface area (TPSA) is 86.7 Å². The third-order valence-electron chi connectivity index (χ3n) is 2.95. The lowest BCUT2D eigenvalue weighted by Crippen LogP contribution is -2.44. The van der Waals surface area contributed by atoms with Crippen molar-refractivity contribution in [3.63, 3.8) is 0 Å². The van der Waals surface area contributed by atoms with Crippen LogP contribution in [-0.4, -0.2) is 47.4 Å². The Morgan fingerprint density at radius 2 is 2.00 bits per heavy atom. The smallest absolute Gasteiger partial charge is 0.323 e. The van der Waals surface area contributed by atoms with Crippen molar-refractivity contribution in [2.24, 2.45) is 5.92 Å². The largest absolute Gasteiger partial charge is 0.480 e. The van der Waals surface area contributed by atoms with E-state index in [4.69, 9.17) is 5.11 Å². The van der Waals surface area contributed by atoms with Gasteiger partial charge in [-0.2, -0.15) is 0 Å². The van der Waals surface area contributed by atoms with Gasteiger partial charge in [0.15, 0.2) is 0 Å². The van der Waals surface area contributed by atoms with Crippen molar-refractivity contribution >= 4 is 17.8 Å². The SMILES string of the molecule is CC(C)CN(CC(=O)O)C(=O)CNC(=O)Cc1cccc(F)c1. The summed E-state index contributed by atoms with van der Waals surface area (Å²) in [6, 6.07) is 5.64. The Bertz CT molecular complexity index is 575. The number of hydrogen-bond donors (Lipinski definition) is 2. The molecule has 7 heteroatoms. The number of carboxylic acids is 1. The van der Waals surface area contributed by atoms with Gasteiger partial charge in [0.25, 0.3) is 0 Å². The summed E-state index contributed by atoms with van der Waals surface area (Å²) in [6.07, 6.45) is -0.0475. The van der Waals surface area contributed by atoms with Crippen molar-refractivity contribution in [2.45, 2.75) is 20.3 Å². The van der Waals surface area contributed by atoms with Crippen LogP contribution in [0.15, 0.2) is 24.3 Å². The minimum Gasteiger partial charge on any atom is -0.480 e. The van der Waals surface area contributed by atoms with Gasteiger partial charge in [-0.25, -0.2) is 4.39 Å². The highest BCUT2D eigenvalue weighted by Gasteiger charge is 2.18. The van der Waals surface area contributed by atoms with Gasteiger partial charge in [0, 0.05) is 6.54 Å². The van der Waals surface area contributed by atoms with Gasteiger partial charge in [0.2, 0.25) is 11.8 Å². The molecule has 0 aliphatic carbocycles. The Balaban J connectivity index is 2.51. The van der Waals surface area contributed by atoms with Gasteiger partial charge in [-0.05, 0) is 23.6 Å². The molecule has 6 nitrogen and oxygen atoms in total. The highest BCUT2D eigenvalue weighted by molar-refractivity contribution is 5.87. The van der Waals surface area contributed by atoms with Gasteiger partial charge in [-0.1, -0.05) is 26.0 Å². The lowest BCUT2D eigenvalue weighted by atomic mass is 10.1. The van der Waals surface area contributed by atoms with E-state index < -0.39 is 30.1 Å². The molecule has 1 aromatic rings. The first kappa shape index (κ1) is 18.6. The molecule has 0 atom stereocenters. The molecule has 0 heterocycles. The predicted octanol–water partition coefficient (Wildman–Crippen LogP) is 1.05. The lowest BCUT2D eigenvalue weighted by molar-refractivity contribution is -0.144. The van der Waals surface area contributed by atoms with E-state index in [2.05, 4.69) is 5.32 Å². The first-order chi connectivity index (χ1) is 10.8. The molecule has 2 amide bonds. The van der Waals surface area contributed by atoms with Crippen LogP contribution in [0.5, 0.6) is 0 Å². The number of hydrogen-bond acceptors (Lipinski definition) is 3. The van der Waals surface area contributed by atoms with Crippen LogP contribution >= 0.6 is 0 Å². The quantitative estimate of drug-likeness (QED) is 0.748. The highest BCUT2D eigenvalue weighted by Crippen LogP contribution is 2.04. The lowest BCUT2D eigenvalue weighted by Gasteiger charge is -2.22. The molecule has 0 aliphatic rings. The van der Waals surface area contributed by atoms with E-state index in [1.54, 1.807) is 6.07 Å². The maximum Gasteiger partial charge on any atom is 0.323 e. The molecule has 0 saturated carbocycles. The maximum absolute atomic E-state index is 13.0. The van der Waals surface area contributed by atoms with Crippen LogP contribution in [0.4, 0.5) is 4.39 Å². The van der Waals surface area contributed by atoms with Crippen molar-refractivity contribution in [1.82, 2.24) is 10.2 Å². The first-order valence-corrected chi connectivity index (χ1v) is 7.28. The van der Waals surface area contributed by atoms with Crippen molar-refractivity contribution < 1.29 is 23.9 Å². The predicted molar refractivity (Wildman–Crippen MR) is 82.2 cm³/mol. The second kappa shape index (κ2) is 8.87. The van der Waals surface area contributed by atoms with Gasteiger partial charge in [-0.3, -0.25) is 14.4 Å². The summed E-state index contributed by atoms with van der Waals surface area (Å²) in [5, 5.41) is 11.3. The number of nitrogens with zero attached hydrogens (tertiary/aromatic N) is 1. The van der Waals surface area contributed by atoms with Crippen molar-refractivity contribution in [1.29, 1.82) is 0 Å². The number of amides is 2. The van der Waals surface area contributed by atoms with E-state index in [0.717, 1.165) is 0 Å². The third-order valence-corrected chi connectivity index (χ3v) is 2.95. The molecule has 0 unspecified atom stereocenters. The van der Waals surface area contributed by atoms with E-state index in [1.807, 2.05) is 13.8 Å². The minimum atomic E-state index is -1.11. The number of nitrogens with one attached hydrogen (secondary N) is 1. The van der Waals surface area contributed by atoms with E-state index in [1.165, 1.54) is 23.1 Å². The van der Waals surface area contributed by atoms with Gasteiger partial charge in [-0.15, -0.1) is 0 Å². The van der Waals surface area contributed by atoms with Crippen LogP contribution in [0.25, 0.3) is 0 Å². The summed E-state index contributed by atoms with van der Waals surface area (Å²) in [4.78, 5) is 35.8. The molecule has 0 spiro atoms. The molecule has 0 radical (unpaired) electrons. The second-order valence-corrected chi connectivity index (χ2v) is 5.65. The van der Waals surface area contributed by atoms with Crippen LogP contribution < -0.4 is 5.32 Å². The molecule has 0 bridgehead atoms. The van der Waals surface area contributed by atoms with Gasteiger partial charge in [0.05, 0.1) is 13.0 Å². The maximum atomic E-state index is 13.0. The Labute approximate surface area is 134 Å². The summed E-state index contributed by atoms with van der Waals surface area (Å²) < 4.78 is 13.0. The summed E-state index contributed by atoms with van der Waals surface area (Å²) in [7, 11) is 0. The fraction of sp³-hybridized carbons (Fsp3) is 0.438. The molecular weight excluding hydrogens is 303 g/mol. The van der Waals surface area contributed by atoms with Crippen LogP contribution in [-0.2, 0) is 20.8 Å². The molecule has 0 aliphatic heterocycles. The monoisotopic (exact) mass is 324 g/mol. The molecule has 126 valence electrons. The van der Waals surface area contributed by atoms with Crippen LogP contribution in [0.1, 0.15) is 19.4 Å². The number of rotatable bonds is 8.